The van der Waals surface area contributed by atoms with Crippen LogP contribution >= 0.6 is 0 Å². The van der Waals surface area contributed by atoms with E-state index in [-0.39, 0.29) is 11.0 Å². The van der Waals surface area contributed by atoms with Crippen molar-refractivity contribution in [3.63, 3.8) is 0 Å². The van der Waals surface area contributed by atoms with Gasteiger partial charge in [0.1, 0.15) is 0 Å². The number of nitrogens with zero attached hydrogens (tertiary/aromatic N) is 1. The lowest BCUT2D eigenvalue weighted by Gasteiger charge is -2.50. The molecular formula is C24H35N. The van der Waals surface area contributed by atoms with Crippen LogP contribution in [0.5, 0.6) is 0 Å². The topological polar surface area (TPSA) is 3.24 Å². The van der Waals surface area contributed by atoms with Crippen LogP contribution < -0.4 is 4.90 Å². The number of hydrogen-bond acceptors (Lipinski definition) is 1. The molecule has 25 heavy (non-hydrogen) atoms. The second-order valence-electron chi connectivity index (χ2n) is 9.78. The van der Waals surface area contributed by atoms with Crippen molar-refractivity contribution in [3.8, 4) is 0 Å². The Morgan fingerprint density at radius 1 is 1.16 bits per heavy atom. The molecule has 1 aromatic rings. The van der Waals surface area contributed by atoms with Crippen LogP contribution in [0.2, 0.25) is 0 Å². The molecule has 0 radical (unpaired) electrons. The van der Waals surface area contributed by atoms with E-state index in [1.54, 1.807) is 0 Å². The number of rotatable bonds is 3. The highest BCUT2D eigenvalue weighted by molar-refractivity contribution is 5.63. The predicted molar refractivity (Wildman–Crippen MR) is 111 cm³/mol. The Kier molecular flexibility index (Phi) is 4.21. The zero-order valence-electron chi connectivity index (χ0n) is 17.4. The molecule has 1 saturated carbocycles. The first-order valence-corrected chi connectivity index (χ1v) is 9.71. The summed E-state index contributed by atoms with van der Waals surface area (Å²) in [6, 6.07) is 7.26. The summed E-state index contributed by atoms with van der Waals surface area (Å²) in [5, 5.41) is 0. The van der Waals surface area contributed by atoms with Crippen LogP contribution in [0.1, 0.15) is 72.4 Å². The largest absolute Gasteiger partial charge is 0.369 e. The van der Waals surface area contributed by atoms with Crippen LogP contribution in [0.15, 0.2) is 42.0 Å². The Morgan fingerprint density at radius 2 is 1.84 bits per heavy atom. The lowest BCUT2D eigenvalue weighted by Crippen LogP contribution is -2.50. The van der Waals surface area contributed by atoms with Gasteiger partial charge in [-0.05, 0) is 74.5 Å². The third-order valence-corrected chi connectivity index (χ3v) is 6.88. The molecule has 2 atom stereocenters. The van der Waals surface area contributed by atoms with Gasteiger partial charge in [-0.25, -0.2) is 0 Å². The van der Waals surface area contributed by atoms with E-state index in [4.69, 9.17) is 0 Å². The standard InChI is InChI=1S/C24H35N/c1-9-17(2)10-11-19-15-24(19,7)18-12-13-21-20(14-18)22(3,4)16-23(5,6)25(21)8/h9-14,19H,15-16H2,1-8H3/b11-10+,17-9+/t19-,24-/m1/s1. The first-order chi connectivity index (χ1) is 11.5. The first kappa shape index (κ1) is 18.3. The predicted octanol–water partition coefficient (Wildman–Crippen LogP) is 6.38. The monoisotopic (exact) mass is 337 g/mol. The maximum atomic E-state index is 2.51. The summed E-state index contributed by atoms with van der Waals surface area (Å²) >= 11 is 0. The highest BCUT2D eigenvalue weighted by Crippen LogP contribution is 2.56. The average Bonchev–Trinajstić information content (AvgIpc) is 3.21. The Balaban J connectivity index is 1.94. The lowest BCUT2D eigenvalue weighted by molar-refractivity contribution is 0.316. The smallest absolute Gasteiger partial charge is 0.0406 e. The Hall–Kier alpha value is -1.50. The minimum Gasteiger partial charge on any atom is -0.369 e. The van der Waals surface area contributed by atoms with E-state index < -0.39 is 0 Å². The Labute approximate surface area is 154 Å². The molecular weight excluding hydrogens is 302 g/mol. The maximum Gasteiger partial charge on any atom is 0.0406 e. The minimum atomic E-state index is 0.205. The van der Waals surface area contributed by atoms with Gasteiger partial charge < -0.3 is 4.90 Å². The molecule has 1 heteroatoms. The van der Waals surface area contributed by atoms with Crippen molar-refractivity contribution in [1.29, 1.82) is 0 Å². The van der Waals surface area contributed by atoms with Gasteiger partial charge in [-0.1, -0.05) is 56.7 Å². The van der Waals surface area contributed by atoms with Crippen molar-refractivity contribution < 1.29 is 0 Å². The third kappa shape index (κ3) is 3.07. The Bertz CT molecular complexity index is 734. The Morgan fingerprint density at radius 3 is 2.48 bits per heavy atom. The van der Waals surface area contributed by atoms with E-state index in [2.05, 4.69) is 96.8 Å². The molecule has 0 bridgehead atoms. The van der Waals surface area contributed by atoms with Gasteiger partial charge in [0.2, 0.25) is 0 Å². The summed E-state index contributed by atoms with van der Waals surface area (Å²) in [5.74, 6) is 0.668. The fourth-order valence-corrected chi connectivity index (χ4v) is 4.72. The van der Waals surface area contributed by atoms with E-state index in [1.807, 2.05) is 0 Å². The number of hydrogen-bond donors (Lipinski definition) is 0. The molecule has 0 amide bonds. The van der Waals surface area contributed by atoms with Gasteiger partial charge in [-0.3, -0.25) is 0 Å². The van der Waals surface area contributed by atoms with Crippen molar-refractivity contribution in [2.75, 3.05) is 11.9 Å². The van der Waals surface area contributed by atoms with Gasteiger partial charge in [-0.15, -0.1) is 0 Å². The molecule has 1 heterocycles. The fourth-order valence-electron chi connectivity index (χ4n) is 4.72. The summed E-state index contributed by atoms with van der Waals surface area (Å²) < 4.78 is 0. The SMILES string of the molecule is C/C=C(C)/C=C/[C@@H]1C[C@]1(C)c1ccc2c(c1)C(C)(C)CC(C)(C)N2C. The average molecular weight is 338 g/mol. The van der Waals surface area contributed by atoms with Crippen molar-refractivity contribution in [2.45, 2.75) is 77.7 Å². The van der Waals surface area contributed by atoms with Crippen LogP contribution in [-0.4, -0.2) is 12.6 Å². The van der Waals surface area contributed by atoms with Crippen LogP contribution in [-0.2, 0) is 10.8 Å². The molecule has 0 unspecified atom stereocenters. The molecule has 1 aliphatic heterocycles. The normalized spacial score (nSPS) is 30.5. The van der Waals surface area contributed by atoms with Crippen molar-refractivity contribution >= 4 is 5.69 Å². The highest BCUT2D eigenvalue weighted by Gasteiger charge is 2.50. The van der Waals surface area contributed by atoms with Crippen molar-refractivity contribution in [1.82, 2.24) is 0 Å². The fraction of sp³-hybridized carbons (Fsp3) is 0.583. The van der Waals surface area contributed by atoms with Gasteiger partial charge >= 0.3 is 0 Å². The van der Waals surface area contributed by atoms with Crippen molar-refractivity contribution in [2.24, 2.45) is 5.92 Å². The molecule has 0 N–H and O–H groups in total. The summed E-state index contributed by atoms with van der Waals surface area (Å²) in [6.07, 6.45) is 9.33. The zero-order valence-corrected chi connectivity index (χ0v) is 17.4. The molecule has 1 nitrogen and oxygen atoms in total. The van der Waals surface area contributed by atoms with Gasteiger partial charge in [0.15, 0.2) is 0 Å². The number of fused-ring (bicyclic) bond motifs is 1. The molecule has 1 aliphatic carbocycles. The van der Waals surface area contributed by atoms with Crippen LogP contribution in [0, 0.1) is 5.92 Å². The first-order valence-electron chi connectivity index (χ1n) is 9.71. The van der Waals surface area contributed by atoms with Gasteiger partial charge in [0.25, 0.3) is 0 Å². The molecule has 0 spiro atoms. The van der Waals surface area contributed by atoms with E-state index in [0.29, 0.717) is 11.3 Å². The molecule has 0 saturated heterocycles. The zero-order chi connectivity index (χ0) is 18.6. The van der Waals surface area contributed by atoms with Crippen LogP contribution in [0.3, 0.4) is 0 Å². The lowest BCUT2D eigenvalue weighted by atomic mass is 9.69. The van der Waals surface area contributed by atoms with Crippen molar-refractivity contribution in [3.05, 3.63) is 53.1 Å². The van der Waals surface area contributed by atoms with E-state index in [1.165, 1.54) is 35.2 Å². The summed E-state index contributed by atoms with van der Waals surface area (Å²) in [5.41, 5.74) is 6.53. The summed E-state index contributed by atoms with van der Waals surface area (Å²) in [7, 11) is 2.25. The third-order valence-electron chi connectivity index (χ3n) is 6.88. The number of allylic oxidation sites excluding steroid dienone is 4. The van der Waals surface area contributed by atoms with Gasteiger partial charge in [0, 0.05) is 18.3 Å². The van der Waals surface area contributed by atoms with E-state index >= 15 is 0 Å². The van der Waals surface area contributed by atoms with E-state index in [9.17, 15) is 0 Å². The maximum absolute atomic E-state index is 2.51. The second kappa shape index (κ2) is 5.76. The van der Waals surface area contributed by atoms with E-state index in [0.717, 1.165) is 0 Å². The molecule has 2 aliphatic rings. The number of benzene rings is 1. The summed E-state index contributed by atoms with van der Waals surface area (Å²) in [6.45, 7) is 16.2. The number of anilines is 1. The van der Waals surface area contributed by atoms with Crippen LogP contribution in [0.4, 0.5) is 5.69 Å². The second-order valence-corrected chi connectivity index (χ2v) is 9.78. The molecule has 0 aromatic heterocycles. The van der Waals surface area contributed by atoms with Crippen LogP contribution in [0.25, 0.3) is 0 Å². The molecule has 136 valence electrons. The molecule has 3 rings (SSSR count). The molecule has 1 fully saturated rings. The molecule has 1 aromatic carbocycles. The summed E-state index contributed by atoms with van der Waals surface area (Å²) in [4.78, 5) is 2.47. The quantitative estimate of drug-likeness (QED) is 0.578. The van der Waals surface area contributed by atoms with Gasteiger partial charge in [-0.2, -0.15) is 0 Å². The minimum absolute atomic E-state index is 0.205. The highest BCUT2D eigenvalue weighted by atomic mass is 15.2. The van der Waals surface area contributed by atoms with Gasteiger partial charge in [0.05, 0.1) is 0 Å².